The molecule has 1 N–H and O–H groups in total. The lowest BCUT2D eigenvalue weighted by molar-refractivity contribution is 0.0607. The van der Waals surface area contributed by atoms with Crippen LogP contribution in [0.15, 0.2) is 24.5 Å². The van der Waals surface area contributed by atoms with E-state index in [2.05, 4.69) is 20.8 Å². The standard InChI is InChI=1S/C16H19ClN6O.ClH/c17-12-1-2-14(23-11-19-20-21-23)13(9-12)15(24)22-7-4-16(5-8-22)3-6-18-10-16;/h1-2,9,11,18H,3-8,10H2;1H. The Morgan fingerprint density at radius 1 is 1.24 bits per heavy atom. The second-order valence-electron chi connectivity index (χ2n) is 6.63. The minimum atomic E-state index is -0.0104. The predicted octanol–water partition coefficient (Wildman–Crippen LogP) is 1.95. The number of hydrogen-bond donors (Lipinski definition) is 1. The van der Waals surface area contributed by atoms with Crippen LogP contribution in [0.25, 0.3) is 5.69 Å². The maximum atomic E-state index is 13.0. The summed E-state index contributed by atoms with van der Waals surface area (Å²) in [5.74, 6) is -0.0104. The Morgan fingerprint density at radius 2 is 2.04 bits per heavy atom. The molecule has 0 bridgehead atoms. The first-order valence-corrected chi connectivity index (χ1v) is 8.58. The van der Waals surface area contributed by atoms with Gasteiger partial charge in [-0.05, 0) is 59.8 Å². The van der Waals surface area contributed by atoms with Gasteiger partial charge in [-0.1, -0.05) is 11.6 Å². The highest BCUT2D eigenvalue weighted by Gasteiger charge is 2.38. The molecule has 4 rings (SSSR count). The first kappa shape index (κ1) is 18.1. The maximum Gasteiger partial charge on any atom is 0.256 e. The molecule has 0 aliphatic carbocycles. The van der Waals surface area contributed by atoms with Gasteiger partial charge in [0.2, 0.25) is 0 Å². The third-order valence-corrected chi connectivity index (χ3v) is 5.46. The molecule has 9 heteroatoms. The molecule has 2 saturated heterocycles. The van der Waals surface area contributed by atoms with Gasteiger partial charge in [-0.3, -0.25) is 4.79 Å². The van der Waals surface area contributed by atoms with Gasteiger partial charge in [-0.15, -0.1) is 17.5 Å². The predicted molar refractivity (Wildman–Crippen MR) is 96.5 cm³/mol. The molecule has 3 heterocycles. The van der Waals surface area contributed by atoms with Crippen LogP contribution in [0.2, 0.25) is 5.02 Å². The third-order valence-electron chi connectivity index (χ3n) is 5.23. The molecular weight excluding hydrogens is 363 g/mol. The van der Waals surface area contributed by atoms with E-state index < -0.39 is 0 Å². The van der Waals surface area contributed by atoms with Crippen LogP contribution in [0.4, 0.5) is 0 Å². The number of amides is 1. The maximum absolute atomic E-state index is 13.0. The number of aromatic nitrogens is 4. The van der Waals surface area contributed by atoms with Crippen molar-refractivity contribution >= 4 is 29.9 Å². The number of likely N-dealkylation sites (tertiary alicyclic amines) is 1. The number of piperidine rings is 1. The summed E-state index contributed by atoms with van der Waals surface area (Å²) < 4.78 is 1.50. The van der Waals surface area contributed by atoms with E-state index in [0.29, 0.717) is 21.7 Å². The van der Waals surface area contributed by atoms with Crippen molar-refractivity contribution < 1.29 is 4.79 Å². The molecule has 0 atom stereocenters. The highest BCUT2D eigenvalue weighted by atomic mass is 35.5. The first-order chi connectivity index (χ1) is 11.7. The molecule has 1 spiro atoms. The van der Waals surface area contributed by atoms with Crippen molar-refractivity contribution in [2.75, 3.05) is 26.2 Å². The van der Waals surface area contributed by atoms with Crippen molar-refractivity contribution in [3.8, 4) is 5.69 Å². The lowest BCUT2D eigenvalue weighted by Crippen LogP contribution is -2.44. The molecule has 0 unspecified atom stereocenters. The van der Waals surface area contributed by atoms with Gasteiger partial charge in [0.15, 0.2) is 0 Å². The van der Waals surface area contributed by atoms with Gasteiger partial charge in [-0.2, -0.15) is 4.68 Å². The van der Waals surface area contributed by atoms with E-state index in [1.165, 1.54) is 17.4 Å². The molecule has 2 fully saturated rings. The van der Waals surface area contributed by atoms with Gasteiger partial charge in [0.25, 0.3) is 5.91 Å². The van der Waals surface area contributed by atoms with Crippen LogP contribution in [-0.4, -0.2) is 57.2 Å². The Kier molecular flexibility index (Phi) is 5.27. The molecule has 0 radical (unpaired) electrons. The lowest BCUT2D eigenvalue weighted by atomic mass is 9.78. The van der Waals surface area contributed by atoms with E-state index in [9.17, 15) is 4.79 Å². The highest BCUT2D eigenvalue weighted by Crippen LogP contribution is 2.37. The number of tetrazole rings is 1. The van der Waals surface area contributed by atoms with Crippen LogP contribution in [0.5, 0.6) is 0 Å². The molecule has 2 aliphatic heterocycles. The van der Waals surface area contributed by atoms with Gasteiger partial charge < -0.3 is 10.2 Å². The normalized spacial score (nSPS) is 19.0. The quantitative estimate of drug-likeness (QED) is 0.858. The summed E-state index contributed by atoms with van der Waals surface area (Å²) in [7, 11) is 0. The van der Waals surface area contributed by atoms with E-state index in [0.717, 1.165) is 39.0 Å². The van der Waals surface area contributed by atoms with Gasteiger partial charge in [-0.25, -0.2) is 0 Å². The van der Waals surface area contributed by atoms with Gasteiger partial charge in [0.05, 0.1) is 11.3 Å². The number of carbonyl (C=O) groups is 1. The fourth-order valence-electron chi connectivity index (χ4n) is 3.73. The SMILES string of the molecule is Cl.O=C(c1cc(Cl)ccc1-n1cnnn1)N1CCC2(CCNC2)CC1. The fraction of sp³-hybridized carbons (Fsp3) is 0.500. The molecule has 2 aromatic rings. The summed E-state index contributed by atoms with van der Waals surface area (Å²) in [6.07, 6.45) is 4.79. The molecular formula is C16H20Cl2N6O. The summed E-state index contributed by atoms with van der Waals surface area (Å²) >= 11 is 6.12. The van der Waals surface area contributed by atoms with Crippen LogP contribution in [0.3, 0.4) is 0 Å². The Hall–Kier alpha value is -1.70. The largest absolute Gasteiger partial charge is 0.339 e. The van der Waals surface area contributed by atoms with Crippen LogP contribution in [0.1, 0.15) is 29.6 Å². The number of carbonyl (C=O) groups excluding carboxylic acids is 1. The summed E-state index contributed by atoms with van der Waals surface area (Å²) in [4.78, 5) is 15.0. The topological polar surface area (TPSA) is 75.9 Å². The Morgan fingerprint density at radius 3 is 2.68 bits per heavy atom. The molecule has 2 aliphatic rings. The Balaban J connectivity index is 0.00000182. The van der Waals surface area contributed by atoms with Gasteiger partial charge in [0, 0.05) is 24.7 Å². The molecule has 25 heavy (non-hydrogen) atoms. The van der Waals surface area contributed by atoms with Crippen molar-refractivity contribution in [1.82, 2.24) is 30.4 Å². The average molecular weight is 383 g/mol. The zero-order chi connectivity index (χ0) is 16.6. The summed E-state index contributed by atoms with van der Waals surface area (Å²) in [6.45, 7) is 3.72. The molecule has 1 aromatic heterocycles. The van der Waals surface area contributed by atoms with Gasteiger partial charge >= 0.3 is 0 Å². The zero-order valence-electron chi connectivity index (χ0n) is 13.7. The zero-order valence-corrected chi connectivity index (χ0v) is 15.3. The van der Waals surface area contributed by atoms with E-state index in [1.807, 2.05) is 4.90 Å². The third kappa shape index (κ3) is 3.49. The minimum Gasteiger partial charge on any atom is -0.339 e. The number of nitrogens with zero attached hydrogens (tertiary/aromatic N) is 5. The van der Waals surface area contributed by atoms with Crippen LogP contribution >= 0.6 is 24.0 Å². The van der Waals surface area contributed by atoms with Crippen molar-refractivity contribution in [3.05, 3.63) is 35.1 Å². The Labute approximate surface area is 157 Å². The molecule has 1 aromatic carbocycles. The van der Waals surface area contributed by atoms with E-state index in [-0.39, 0.29) is 18.3 Å². The van der Waals surface area contributed by atoms with Crippen LogP contribution in [0, 0.1) is 5.41 Å². The number of benzene rings is 1. The molecule has 1 amide bonds. The van der Waals surface area contributed by atoms with E-state index >= 15 is 0 Å². The lowest BCUT2D eigenvalue weighted by Gasteiger charge is -2.39. The number of halogens is 2. The van der Waals surface area contributed by atoms with Crippen molar-refractivity contribution in [3.63, 3.8) is 0 Å². The summed E-state index contributed by atoms with van der Waals surface area (Å²) in [5.41, 5.74) is 1.57. The second-order valence-corrected chi connectivity index (χ2v) is 7.07. The molecule has 0 saturated carbocycles. The molecule has 134 valence electrons. The summed E-state index contributed by atoms with van der Waals surface area (Å²) in [5, 5.41) is 15.2. The minimum absolute atomic E-state index is 0. The van der Waals surface area contributed by atoms with E-state index in [1.54, 1.807) is 18.2 Å². The number of nitrogens with one attached hydrogen (secondary N) is 1. The van der Waals surface area contributed by atoms with Crippen molar-refractivity contribution in [2.45, 2.75) is 19.3 Å². The second kappa shape index (κ2) is 7.27. The van der Waals surface area contributed by atoms with Crippen LogP contribution < -0.4 is 5.32 Å². The molecule has 7 nitrogen and oxygen atoms in total. The number of rotatable bonds is 2. The number of hydrogen-bond acceptors (Lipinski definition) is 5. The van der Waals surface area contributed by atoms with Crippen molar-refractivity contribution in [2.24, 2.45) is 5.41 Å². The highest BCUT2D eigenvalue weighted by molar-refractivity contribution is 6.31. The first-order valence-electron chi connectivity index (χ1n) is 8.20. The van der Waals surface area contributed by atoms with Crippen molar-refractivity contribution in [1.29, 1.82) is 0 Å². The van der Waals surface area contributed by atoms with Crippen LogP contribution in [-0.2, 0) is 0 Å². The summed E-state index contributed by atoms with van der Waals surface area (Å²) in [6, 6.07) is 5.21. The monoisotopic (exact) mass is 382 g/mol. The van der Waals surface area contributed by atoms with E-state index in [4.69, 9.17) is 11.6 Å². The average Bonchev–Trinajstić information content (AvgIpc) is 3.27. The van der Waals surface area contributed by atoms with Gasteiger partial charge in [0.1, 0.15) is 6.33 Å². The fourth-order valence-corrected chi connectivity index (χ4v) is 3.90. The smallest absolute Gasteiger partial charge is 0.256 e. The Bertz CT molecular complexity index is 735.